The summed E-state index contributed by atoms with van der Waals surface area (Å²) < 4.78 is 32.3. The van der Waals surface area contributed by atoms with Crippen LogP contribution in [0.15, 0.2) is 46.9 Å². The molecule has 0 aliphatic carbocycles. The van der Waals surface area contributed by atoms with E-state index in [1.165, 1.54) is 0 Å². The zero-order valence-electron chi connectivity index (χ0n) is 17.4. The van der Waals surface area contributed by atoms with Gasteiger partial charge in [0.05, 0.1) is 23.5 Å². The van der Waals surface area contributed by atoms with Gasteiger partial charge in [0.25, 0.3) is 5.91 Å². The maximum Gasteiger partial charge on any atom is 0.251 e. The van der Waals surface area contributed by atoms with E-state index in [-0.39, 0.29) is 24.1 Å². The van der Waals surface area contributed by atoms with Crippen LogP contribution in [0.5, 0.6) is 0 Å². The normalized spacial score (nSPS) is 11.3. The molecular formula is C22H25N3O4S. The fourth-order valence-electron chi connectivity index (χ4n) is 3.08. The van der Waals surface area contributed by atoms with E-state index in [0.717, 1.165) is 11.1 Å². The van der Waals surface area contributed by atoms with E-state index in [4.69, 9.17) is 4.42 Å². The molecule has 1 aromatic heterocycles. The fourth-order valence-corrected chi connectivity index (χ4v) is 3.73. The van der Waals surface area contributed by atoms with Crippen LogP contribution in [-0.4, -0.2) is 25.1 Å². The number of nitrogens with one attached hydrogen (secondary N) is 2. The molecule has 3 aromatic rings. The second kappa shape index (κ2) is 8.71. The highest BCUT2D eigenvalue weighted by Gasteiger charge is 2.18. The first kappa shape index (κ1) is 21.6. The summed E-state index contributed by atoms with van der Waals surface area (Å²) in [5.74, 6) is 0.611. The molecule has 0 unspecified atom stereocenters. The monoisotopic (exact) mass is 427 g/mol. The third kappa shape index (κ3) is 5.07. The largest absolute Gasteiger partial charge is 0.441 e. The number of sulfonamides is 1. The lowest BCUT2D eigenvalue weighted by molar-refractivity contribution is 0.0950. The van der Waals surface area contributed by atoms with E-state index < -0.39 is 10.0 Å². The van der Waals surface area contributed by atoms with Gasteiger partial charge in [0.15, 0.2) is 0 Å². The summed E-state index contributed by atoms with van der Waals surface area (Å²) in [4.78, 5) is 17.0. The van der Waals surface area contributed by atoms with Crippen molar-refractivity contribution in [3.05, 3.63) is 70.6 Å². The number of benzene rings is 2. The minimum absolute atomic E-state index is 0.0400. The van der Waals surface area contributed by atoms with Crippen LogP contribution in [0, 0.1) is 20.8 Å². The molecule has 0 radical (unpaired) electrons. The number of oxazole rings is 1. The zero-order chi connectivity index (χ0) is 21.9. The molecule has 0 fully saturated rings. The maximum atomic E-state index is 12.5. The van der Waals surface area contributed by atoms with Crippen LogP contribution in [0.4, 0.5) is 5.69 Å². The van der Waals surface area contributed by atoms with Crippen LogP contribution in [-0.2, 0) is 16.6 Å². The predicted molar refractivity (Wildman–Crippen MR) is 117 cm³/mol. The number of anilines is 1. The number of hydrogen-bond acceptors (Lipinski definition) is 5. The van der Waals surface area contributed by atoms with Crippen LogP contribution in [0.1, 0.15) is 39.9 Å². The molecule has 158 valence electrons. The minimum atomic E-state index is -3.44. The summed E-state index contributed by atoms with van der Waals surface area (Å²) in [5, 5.41) is 2.86. The van der Waals surface area contributed by atoms with Gasteiger partial charge in [-0.05, 0) is 52.0 Å². The van der Waals surface area contributed by atoms with E-state index in [9.17, 15) is 13.2 Å². The quantitative estimate of drug-likeness (QED) is 0.594. The Hall–Kier alpha value is -3.13. The summed E-state index contributed by atoms with van der Waals surface area (Å²) in [6.45, 7) is 7.42. The molecule has 3 rings (SSSR count). The van der Waals surface area contributed by atoms with Crippen molar-refractivity contribution in [2.45, 2.75) is 34.2 Å². The third-order valence-corrected chi connectivity index (χ3v) is 5.89. The smallest absolute Gasteiger partial charge is 0.251 e. The molecule has 0 atom stereocenters. The number of amides is 1. The van der Waals surface area contributed by atoms with E-state index in [1.54, 1.807) is 38.1 Å². The van der Waals surface area contributed by atoms with Crippen molar-refractivity contribution in [3.8, 4) is 11.5 Å². The van der Waals surface area contributed by atoms with E-state index >= 15 is 0 Å². The van der Waals surface area contributed by atoms with Crippen LogP contribution in [0.2, 0.25) is 0 Å². The van der Waals surface area contributed by atoms with Crippen molar-refractivity contribution in [1.29, 1.82) is 0 Å². The van der Waals surface area contributed by atoms with Crippen molar-refractivity contribution in [3.63, 3.8) is 0 Å². The Morgan fingerprint density at radius 3 is 2.40 bits per heavy atom. The van der Waals surface area contributed by atoms with Gasteiger partial charge in [0, 0.05) is 5.56 Å². The van der Waals surface area contributed by atoms with E-state index in [1.807, 2.05) is 32.0 Å². The van der Waals surface area contributed by atoms with Crippen molar-refractivity contribution in [1.82, 2.24) is 10.3 Å². The van der Waals surface area contributed by atoms with Crippen LogP contribution >= 0.6 is 0 Å². The number of aromatic nitrogens is 1. The molecule has 1 amide bonds. The topological polar surface area (TPSA) is 101 Å². The highest BCUT2D eigenvalue weighted by atomic mass is 32.2. The van der Waals surface area contributed by atoms with Crippen LogP contribution in [0.25, 0.3) is 11.5 Å². The number of hydrogen-bond donors (Lipinski definition) is 2. The van der Waals surface area contributed by atoms with Gasteiger partial charge in [-0.3, -0.25) is 9.52 Å². The molecule has 0 saturated heterocycles. The standard InChI is InChI=1S/C22H25N3O4S/c1-5-30(27,28)25-19-9-7-6-8-18(19)22-24-20(16(4)29-22)13-23-21(26)17-11-14(2)10-15(3)12-17/h6-12,25H,5,13H2,1-4H3,(H,23,26). The molecule has 0 aliphatic heterocycles. The number of nitrogens with zero attached hydrogens (tertiary/aromatic N) is 1. The Morgan fingerprint density at radius 2 is 1.73 bits per heavy atom. The number of carbonyl (C=O) groups is 1. The average Bonchev–Trinajstić information content (AvgIpc) is 3.06. The van der Waals surface area contributed by atoms with Gasteiger partial charge in [-0.2, -0.15) is 0 Å². The Morgan fingerprint density at radius 1 is 1.07 bits per heavy atom. The highest BCUT2D eigenvalue weighted by Crippen LogP contribution is 2.29. The van der Waals surface area contributed by atoms with Gasteiger partial charge in [0.1, 0.15) is 11.5 Å². The molecule has 2 N–H and O–H groups in total. The molecule has 0 aliphatic rings. The minimum Gasteiger partial charge on any atom is -0.441 e. The molecule has 0 bridgehead atoms. The van der Waals surface area contributed by atoms with Gasteiger partial charge >= 0.3 is 0 Å². The summed E-state index contributed by atoms with van der Waals surface area (Å²) in [7, 11) is -3.44. The summed E-state index contributed by atoms with van der Waals surface area (Å²) in [6.07, 6.45) is 0. The van der Waals surface area contributed by atoms with Crippen molar-refractivity contribution >= 4 is 21.6 Å². The highest BCUT2D eigenvalue weighted by molar-refractivity contribution is 7.92. The molecule has 2 aromatic carbocycles. The van der Waals surface area contributed by atoms with Gasteiger partial charge in [-0.1, -0.05) is 29.3 Å². The molecule has 8 heteroatoms. The summed E-state index contributed by atoms with van der Waals surface area (Å²) in [5.41, 5.74) is 4.14. The van der Waals surface area contributed by atoms with E-state index in [2.05, 4.69) is 15.0 Å². The number of aryl methyl sites for hydroxylation is 3. The van der Waals surface area contributed by atoms with Crippen molar-refractivity contribution < 1.29 is 17.6 Å². The summed E-state index contributed by atoms with van der Waals surface area (Å²) in [6, 6.07) is 12.6. The maximum absolute atomic E-state index is 12.5. The second-order valence-electron chi connectivity index (χ2n) is 7.13. The average molecular weight is 428 g/mol. The van der Waals surface area contributed by atoms with E-state index in [0.29, 0.717) is 28.3 Å². The third-order valence-electron chi connectivity index (χ3n) is 4.60. The number of rotatable bonds is 7. The Balaban J connectivity index is 1.80. The van der Waals surface area contributed by atoms with Gasteiger partial charge in [-0.15, -0.1) is 0 Å². The Kier molecular flexibility index (Phi) is 6.26. The lowest BCUT2D eigenvalue weighted by Crippen LogP contribution is -2.23. The number of carbonyl (C=O) groups excluding carboxylic acids is 1. The van der Waals surface area contributed by atoms with Crippen molar-refractivity contribution in [2.75, 3.05) is 10.5 Å². The first-order valence-corrected chi connectivity index (χ1v) is 11.3. The SMILES string of the molecule is CCS(=O)(=O)Nc1ccccc1-c1nc(CNC(=O)c2cc(C)cc(C)c2)c(C)o1. The van der Waals surface area contributed by atoms with Gasteiger partial charge in [0.2, 0.25) is 15.9 Å². The molecule has 0 spiro atoms. The molecule has 1 heterocycles. The van der Waals surface area contributed by atoms with Gasteiger partial charge < -0.3 is 9.73 Å². The van der Waals surface area contributed by atoms with Crippen molar-refractivity contribution in [2.24, 2.45) is 0 Å². The Labute approximate surface area is 176 Å². The summed E-state index contributed by atoms with van der Waals surface area (Å²) >= 11 is 0. The molecule has 7 nitrogen and oxygen atoms in total. The lowest BCUT2D eigenvalue weighted by Gasteiger charge is -2.09. The number of para-hydroxylation sites is 1. The second-order valence-corrected chi connectivity index (χ2v) is 9.14. The lowest BCUT2D eigenvalue weighted by atomic mass is 10.1. The van der Waals surface area contributed by atoms with Crippen LogP contribution < -0.4 is 10.0 Å². The molecular weight excluding hydrogens is 402 g/mol. The predicted octanol–water partition coefficient (Wildman–Crippen LogP) is 3.96. The van der Waals surface area contributed by atoms with Gasteiger partial charge in [-0.25, -0.2) is 13.4 Å². The van der Waals surface area contributed by atoms with Crippen LogP contribution in [0.3, 0.4) is 0 Å². The Bertz CT molecular complexity index is 1160. The fraction of sp³-hybridized carbons (Fsp3) is 0.273. The molecule has 0 saturated carbocycles. The molecule has 30 heavy (non-hydrogen) atoms. The first-order chi connectivity index (χ1) is 14.2. The zero-order valence-corrected chi connectivity index (χ0v) is 18.3. The first-order valence-electron chi connectivity index (χ1n) is 9.61.